The molecule has 0 heterocycles. The van der Waals surface area contributed by atoms with Crippen LogP contribution in [0.25, 0.3) is 0 Å². The molecule has 1 N–H and O–H groups in total. The highest BCUT2D eigenvalue weighted by Crippen LogP contribution is 2.30. The summed E-state index contributed by atoms with van der Waals surface area (Å²) in [5.41, 5.74) is 2.23. The first-order valence-electron chi connectivity index (χ1n) is 5.20. The molecule has 0 aliphatic carbocycles. The summed E-state index contributed by atoms with van der Waals surface area (Å²) < 4.78 is 0. The fraction of sp³-hybridized carbons (Fsp3) is 0.429. The molecular formula is C14H22O. The molecule has 0 radical (unpaired) electrons. The van der Waals surface area contributed by atoms with E-state index in [1.54, 1.807) is 12.1 Å². The summed E-state index contributed by atoms with van der Waals surface area (Å²) in [6, 6.07) is 5.72. The molecule has 1 aromatic rings. The first kappa shape index (κ1) is 13.8. The van der Waals surface area contributed by atoms with Crippen LogP contribution in [0.4, 0.5) is 0 Å². The van der Waals surface area contributed by atoms with Crippen molar-refractivity contribution in [1.82, 2.24) is 0 Å². The number of phenols is 1. The topological polar surface area (TPSA) is 20.2 Å². The van der Waals surface area contributed by atoms with Gasteiger partial charge in [-0.15, -0.1) is 6.58 Å². The van der Waals surface area contributed by atoms with Gasteiger partial charge in [0.1, 0.15) is 5.75 Å². The Morgan fingerprint density at radius 2 is 1.73 bits per heavy atom. The number of aryl methyl sites for hydroxylation is 1. The van der Waals surface area contributed by atoms with Crippen LogP contribution in [0.15, 0.2) is 30.9 Å². The molecule has 0 unspecified atom stereocenters. The molecule has 15 heavy (non-hydrogen) atoms. The summed E-state index contributed by atoms with van der Waals surface area (Å²) in [4.78, 5) is 0. The molecule has 0 amide bonds. The van der Waals surface area contributed by atoms with Crippen molar-refractivity contribution >= 4 is 0 Å². The predicted octanol–water partition coefficient (Wildman–Crippen LogP) is 4.19. The average molecular weight is 206 g/mol. The van der Waals surface area contributed by atoms with E-state index in [1.807, 2.05) is 26.0 Å². The van der Waals surface area contributed by atoms with Crippen LogP contribution in [0.3, 0.4) is 0 Å². The Bertz CT molecular complexity index is 319. The van der Waals surface area contributed by atoms with E-state index in [1.165, 1.54) is 5.56 Å². The Balaban J connectivity index is 0.000000583. The molecule has 1 rings (SSSR count). The van der Waals surface area contributed by atoms with Crippen molar-refractivity contribution in [2.45, 2.75) is 40.0 Å². The van der Waals surface area contributed by atoms with Gasteiger partial charge >= 0.3 is 0 Å². The van der Waals surface area contributed by atoms with Crippen molar-refractivity contribution < 1.29 is 5.11 Å². The summed E-state index contributed by atoms with van der Waals surface area (Å²) in [6.07, 6.45) is 1.75. The maximum absolute atomic E-state index is 9.57. The lowest BCUT2D eigenvalue weighted by atomic mass is 9.85. The van der Waals surface area contributed by atoms with Crippen LogP contribution in [0.1, 0.15) is 38.8 Å². The molecule has 1 aromatic carbocycles. The van der Waals surface area contributed by atoms with E-state index in [2.05, 4.69) is 27.4 Å². The summed E-state index contributed by atoms with van der Waals surface area (Å²) in [6.45, 7) is 13.6. The first-order chi connectivity index (χ1) is 6.82. The van der Waals surface area contributed by atoms with Crippen LogP contribution in [-0.4, -0.2) is 5.11 Å². The fourth-order valence-corrected chi connectivity index (χ4v) is 1.25. The van der Waals surface area contributed by atoms with E-state index >= 15 is 0 Å². The van der Waals surface area contributed by atoms with E-state index in [9.17, 15) is 5.11 Å². The van der Waals surface area contributed by atoms with Crippen LogP contribution in [0, 0.1) is 6.92 Å². The second-order valence-electron chi connectivity index (χ2n) is 4.68. The fourth-order valence-electron chi connectivity index (χ4n) is 1.25. The van der Waals surface area contributed by atoms with Gasteiger partial charge in [0.15, 0.2) is 0 Å². The number of allylic oxidation sites excluding steroid dienone is 1. The largest absolute Gasteiger partial charge is 0.508 e. The van der Waals surface area contributed by atoms with Crippen molar-refractivity contribution in [3.05, 3.63) is 42.0 Å². The molecule has 0 saturated carbocycles. The van der Waals surface area contributed by atoms with E-state index < -0.39 is 0 Å². The SMILES string of the molecule is C=CC.Cc1ccc(O)c(C(C)(C)C)c1. The van der Waals surface area contributed by atoms with E-state index in [4.69, 9.17) is 0 Å². The summed E-state index contributed by atoms with van der Waals surface area (Å²) >= 11 is 0. The van der Waals surface area contributed by atoms with Gasteiger partial charge in [0, 0.05) is 0 Å². The minimum Gasteiger partial charge on any atom is -0.508 e. The highest BCUT2D eigenvalue weighted by Gasteiger charge is 2.17. The molecule has 0 aliphatic heterocycles. The maximum atomic E-state index is 9.57. The van der Waals surface area contributed by atoms with Gasteiger partial charge in [-0.1, -0.05) is 44.5 Å². The van der Waals surface area contributed by atoms with E-state index in [0.29, 0.717) is 5.75 Å². The van der Waals surface area contributed by atoms with Crippen LogP contribution in [-0.2, 0) is 5.41 Å². The van der Waals surface area contributed by atoms with Crippen LogP contribution >= 0.6 is 0 Å². The number of hydrogen-bond acceptors (Lipinski definition) is 1. The summed E-state index contributed by atoms with van der Waals surface area (Å²) in [7, 11) is 0. The van der Waals surface area contributed by atoms with E-state index in [-0.39, 0.29) is 5.41 Å². The van der Waals surface area contributed by atoms with Gasteiger partial charge in [0.25, 0.3) is 0 Å². The van der Waals surface area contributed by atoms with Crippen molar-refractivity contribution in [3.63, 3.8) is 0 Å². The molecule has 0 saturated heterocycles. The van der Waals surface area contributed by atoms with Crippen molar-refractivity contribution in [3.8, 4) is 5.75 Å². The highest BCUT2D eigenvalue weighted by molar-refractivity contribution is 5.39. The lowest BCUT2D eigenvalue weighted by Crippen LogP contribution is -2.11. The number of benzene rings is 1. The van der Waals surface area contributed by atoms with Gasteiger partial charge in [0.2, 0.25) is 0 Å². The minimum atomic E-state index is 0.0239. The molecule has 1 nitrogen and oxygen atoms in total. The number of hydrogen-bond donors (Lipinski definition) is 1. The Labute approximate surface area is 93.5 Å². The molecule has 0 atom stereocenters. The molecule has 0 aromatic heterocycles. The van der Waals surface area contributed by atoms with Crippen LogP contribution in [0.2, 0.25) is 0 Å². The lowest BCUT2D eigenvalue weighted by molar-refractivity contribution is 0.446. The molecule has 0 fully saturated rings. The second-order valence-corrected chi connectivity index (χ2v) is 4.68. The Hall–Kier alpha value is -1.24. The zero-order chi connectivity index (χ0) is 12.1. The summed E-state index contributed by atoms with van der Waals surface area (Å²) in [5.74, 6) is 0.396. The third kappa shape index (κ3) is 4.68. The van der Waals surface area contributed by atoms with Crippen LogP contribution in [0.5, 0.6) is 5.75 Å². The first-order valence-corrected chi connectivity index (χ1v) is 5.20. The Morgan fingerprint density at radius 1 is 1.27 bits per heavy atom. The molecule has 0 bridgehead atoms. The van der Waals surface area contributed by atoms with Crippen molar-refractivity contribution in [2.24, 2.45) is 0 Å². The quantitative estimate of drug-likeness (QED) is 0.631. The second kappa shape index (κ2) is 5.59. The lowest BCUT2D eigenvalue weighted by Gasteiger charge is -2.20. The molecular weight excluding hydrogens is 184 g/mol. The zero-order valence-corrected chi connectivity index (χ0v) is 10.5. The molecule has 0 spiro atoms. The van der Waals surface area contributed by atoms with Gasteiger partial charge in [-0.3, -0.25) is 0 Å². The molecule has 0 aliphatic rings. The summed E-state index contributed by atoms with van der Waals surface area (Å²) in [5, 5.41) is 9.57. The van der Waals surface area contributed by atoms with E-state index in [0.717, 1.165) is 5.56 Å². The Morgan fingerprint density at radius 3 is 2.07 bits per heavy atom. The van der Waals surface area contributed by atoms with Crippen molar-refractivity contribution in [1.29, 1.82) is 0 Å². The van der Waals surface area contributed by atoms with Gasteiger partial charge in [-0.2, -0.15) is 0 Å². The van der Waals surface area contributed by atoms with Crippen molar-refractivity contribution in [2.75, 3.05) is 0 Å². The average Bonchev–Trinajstić information content (AvgIpc) is 2.09. The van der Waals surface area contributed by atoms with Crippen LogP contribution < -0.4 is 0 Å². The van der Waals surface area contributed by atoms with Gasteiger partial charge in [-0.25, -0.2) is 0 Å². The normalized spacial score (nSPS) is 10.2. The predicted molar refractivity (Wildman–Crippen MR) is 67.4 cm³/mol. The maximum Gasteiger partial charge on any atom is 0.119 e. The monoisotopic (exact) mass is 206 g/mol. The standard InChI is InChI=1S/C11H16O.C3H6/c1-8-5-6-10(12)9(7-8)11(2,3)4;1-3-2/h5-7,12H,1-4H3;3H,1H2,2H3. The smallest absolute Gasteiger partial charge is 0.119 e. The highest BCUT2D eigenvalue weighted by atomic mass is 16.3. The molecule has 1 heteroatoms. The minimum absolute atomic E-state index is 0.0239. The Kier molecular flexibility index (Phi) is 5.13. The third-order valence-corrected chi connectivity index (χ3v) is 1.96. The zero-order valence-electron chi connectivity index (χ0n) is 10.5. The molecule has 84 valence electrons. The number of rotatable bonds is 0. The van der Waals surface area contributed by atoms with Gasteiger partial charge < -0.3 is 5.11 Å². The van der Waals surface area contributed by atoms with Gasteiger partial charge in [0.05, 0.1) is 0 Å². The van der Waals surface area contributed by atoms with Gasteiger partial charge in [-0.05, 0) is 30.9 Å². The number of phenolic OH excluding ortho intramolecular Hbond substituents is 1. The third-order valence-electron chi connectivity index (χ3n) is 1.96. The number of aromatic hydroxyl groups is 1.